The Morgan fingerprint density at radius 2 is 2.11 bits per heavy atom. The minimum Gasteiger partial charge on any atom is -0.493 e. The SMILES string of the molecule is CC(C)c1ccc2[nH]c(O)c(N=NC(=O)CNc3nc4ccccc4s3)c2c1. The number of nitrogens with one attached hydrogen (secondary N) is 2. The fourth-order valence-corrected chi connectivity index (χ4v) is 3.74. The van der Waals surface area contributed by atoms with E-state index in [1.165, 1.54) is 11.3 Å². The van der Waals surface area contributed by atoms with Gasteiger partial charge in [-0.15, -0.1) is 10.2 Å². The standard InChI is InChI=1S/C20H19N5O2S/c1-11(2)12-7-8-14-13(9-12)18(19(27)22-14)25-24-17(26)10-21-20-23-15-5-3-4-6-16(15)28-20/h3-9,11,22,27H,10H2,1-2H3,(H,21,23). The Labute approximate surface area is 165 Å². The highest BCUT2D eigenvalue weighted by Crippen LogP contribution is 2.37. The lowest BCUT2D eigenvalue weighted by Gasteiger charge is -2.04. The number of fused-ring (bicyclic) bond motifs is 2. The van der Waals surface area contributed by atoms with Gasteiger partial charge >= 0.3 is 0 Å². The van der Waals surface area contributed by atoms with Crippen LogP contribution in [0.3, 0.4) is 0 Å². The molecule has 0 radical (unpaired) electrons. The summed E-state index contributed by atoms with van der Waals surface area (Å²) in [6.07, 6.45) is 0. The van der Waals surface area contributed by atoms with E-state index in [0.29, 0.717) is 11.0 Å². The Kier molecular flexibility index (Phi) is 4.79. The van der Waals surface area contributed by atoms with Crippen LogP contribution in [0.15, 0.2) is 52.7 Å². The molecule has 2 aromatic carbocycles. The number of aromatic amines is 1. The normalized spacial score (nSPS) is 11.8. The summed E-state index contributed by atoms with van der Waals surface area (Å²) >= 11 is 1.47. The van der Waals surface area contributed by atoms with E-state index in [1.807, 2.05) is 42.5 Å². The van der Waals surface area contributed by atoms with Gasteiger partial charge in [-0.25, -0.2) is 4.98 Å². The molecule has 0 fully saturated rings. The van der Waals surface area contributed by atoms with E-state index in [2.05, 4.69) is 39.4 Å². The number of hydrogen-bond donors (Lipinski definition) is 3. The molecular formula is C20H19N5O2S. The molecule has 28 heavy (non-hydrogen) atoms. The molecule has 1 amide bonds. The average molecular weight is 393 g/mol. The zero-order chi connectivity index (χ0) is 19.7. The van der Waals surface area contributed by atoms with Crippen molar-refractivity contribution in [2.24, 2.45) is 10.2 Å². The van der Waals surface area contributed by atoms with Gasteiger partial charge < -0.3 is 15.4 Å². The molecule has 0 saturated carbocycles. The highest BCUT2D eigenvalue weighted by atomic mass is 32.1. The second-order valence-electron chi connectivity index (χ2n) is 6.72. The van der Waals surface area contributed by atoms with Crippen LogP contribution in [0.2, 0.25) is 0 Å². The number of carbonyl (C=O) groups excluding carboxylic acids is 1. The van der Waals surface area contributed by atoms with Gasteiger partial charge in [-0.05, 0) is 35.7 Å². The van der Waals surface area contributed by atoms with E-state index in [4.69, 9.17) is 0 Å². The van der Waals surface area contributed by atoms with Gasteiger partial charge in [0.25, 0.3) is 5.91 Å². The maximum absolute atomic E-state index is 12.1. The number of azo groups is 1. The van der Waals surface area contributed by atoms with Crippen molar-refractivity contribution in [2.75, 3.05) is 11.9 Å². The fourth-order valence-electron chi connectivity index (χ4n) is 2.88. The second kappa shape index (κ2) is 7.40. The molecule has 2 aromatic heterocycles. The van der Waals surface area contributed by atoms with Gasteiger partial charge in [0.15, 0.2) is 10.8 Å². The minimum atomic E-state index is -0.451. The van der Waals surface area contributed by atoms with Crippen molar-refractivity contribution < 1.29 is 9.90 Å². The number of nitrogens with zero attached hydrogens (tertiary/aromatic N) is 3. The summed E-state index contributed by atoms with van der Waals surface area (Å²) < 4.78 is 1.05. The van der Waals surface area contributed by atoms with Crippen LogP contribution >= 0.6 is 11.3 Å². The topological polar surface area (TPSA) is 103 Å². The fraction of sp³-hybridized carbons (Fsp3) is 0.200. The van der Waals surface area contributed by atoms with Crippen molar-refractivity contribution in [3.8, 4) is 5.88 Å². The molecule has 0 spiro atoms. The van der Waals surface area contributed by atoms with Crippen LogP contribution in [0.1, 0.15) is 25.3 Å². The zero-order valence-electron chi connectivity index (χ0n) is 15.4. The molecule has 0 saturated heterocycles. The van der Waals surface area contributed by atoms with E-state index < -0.39 is 5.91 Å². The minimum absolute atomic E-state index is 0.0241. The van der Waals surface area contributed by atoms with Crippen molar-refractivity contribution >= 4 is 49.2 Å². The Morgan fingerprint density at radius 3 is 2.89 bits per heavy atom. The van der Waals surface area contributed by atoms with Crippen molar-refractivity contribution in [3.05, 3.63) is 48.0 Å². The molecule has 0 aliphatic carbocycles. The average Bonchev–Trinajstić information content (AvgIpc) is 3.23. The van der Waals surface area contributed by atoms with Gasteiger partial charge in [-0.3, -0.25) is 4.79 Å². The van der Waals surface area contributed by atoms with Gasteiger partial charge in [0.05, 0.1) is 15.7 Å². The Morgan fingerprint density at radius 1 is 1.29 bits per heavy atom. The first kappa shape index (κ1) is 18.1. The molecule has 0 aliphatic rings. The highest BCUT2D eigenvalue weighted by molar-refractivity contribution is 7.22. The molecule has 7 nitrogen and oxygen atoms in total. The highest BCUT2D eigenvalue weighted by Gasteiger charge is 2.13. The van der Waals surface area contributed by atoms with E-state index in [0.717, 1.165) is 26.7 Å². The summed E-state index contributed by atoms with van der Waals surface area (Å²) in [4.78, 5) is 19.4. The predicted molar refractivity (Wildman–Crippen MR) is 112 cm³/mol. The molecule has 0 atom stereocenters. The number of benzene rings is 2. The van der Waals surface area contributed by atoms with Crippen LogP contribution in [0, 0.1) is 0 Å². The zero-order valence-corrected chi connectivity index (χ0v) is 16.2. The van der Waals surface area contributed by atoms with E-state index in [1.54, 1.807) is 0 Å². The van der Waals surface area contributed by atoms with Crippen molar-refractivity contribution in [1.82, 2.24) is 9.97 Å². The third-order valence-corrected chi connectivity index (χ3v) is 5.38. The first-order chi connectivity index (χ1) is 13.5. The molecule has 0 unspecified atom stereocenters. The van der Waals surface area contributed by atoms with E-state index in [-0.39, 0.29) is 18.1 Å². The molecule has 3 N–H and O–H groups in total. The first-order valence-corrected chi connectivity index (χ1v) is 9.71. The summed E-state index contributed by atoms with van der Waals surface area (Å²) in [6.45, 7) is 4.15. The van der Waals surface area contributed by atoms with Gasteiger partial charge in [0.1, 0.15) is 6.54 Å². The molecule has 2 heterocycles. The number of amides is 1. The lowest BCUT2D eigenvalue weighted by Crippen LogP contribution is -2.10. The molecule has 8 heteroatoms. The van der Waals surface area contributed by atoms with Gasteiger partial charge in [-0.1, -0.05) is 43.4 Å². The van der Waals surface area contributed by atoms with Crippen LogP contribution in [0.25, 0.3) is 21.1 Å². The monoisotopic (exact) mass is 393 g/mol. The van der Waals surface area contributed by atoms with Crippen LogP contribution < -0.4 is 5.32 Å². The van der Waals surface area contributed by atoms with E-state index >= 15 is 0 Å². The van der Waals surface area contributed by atoms with Crippen LogP contribution in [-0.4, -0.2) is 27.5 Å². The Bertz CT molecular complexity index is 1160. The number of hydrogen-bond acceptors (Lipinski definition) is 6. The Balaban J connectivity index is 1.49. The molecule has 142 valence electrons. The largest absolute Gasteiger partial charge is 0.493 e. The molecule has 4 aromatic rings. The third kappa shape index (κ3) is 3.59. The number of anilines is 1. The third-order valence-electron chi connectivity index (χ3n) is 4.39. The number of thiazole rings is 1. The summed E-state index contributed by atoms with van der Waals surface area (Å²) in [5.41, 5.74) is 3.02. The second-order valence-corrected chi connectivity index (χ2v) is 7.75. The quantitative estimate of drug-likeness (QED) is 0.399. The van der Waals surface area contributed by atoms with Gasteiger partial charge in [0.2, 0.25) is 5.88 Å². The van der Waals surface area contributed by atoms with Crippen LogP contribution in [0.4, 0.5) is 10.8 Å². The summed E-state index contributed by atoms with van der Waals surface area (Å²) in [7, 11) is 0. The van der Waals surface area contributed by atoms with Gasteiger partial charge in [-0.2, -0.15) is 0 Å². The lowest BCUT2D eigenvalue weighted by molar-refractivity contribution is -0.116. The molecule has 0 aliphatic heterocycles. The summed E-state index contributed by atoms with van der Waals surface area (Å²) in [6, 6.07) is 13.6. The van der Waals surface area contributed by atoms with Crippen LogP contribution in [0.5, 0.6) is 5.88 Å². The molecule has 0 bridgehead atoms. The number of rotatable bonds is 5. The Hall–Kier alpha value is -3.26. The number of aromatic hydroxyl groups is 1. The van der Waals surface area contributed by atoms with Crippen molar-refractivity contribution in [1.29, 1.82) is 0 Å². The van der Waals surface area contributed by atoms with Crippen molar-refractivity contribution in [2.45, 2.75) is 19.8 Å². The first-order valence-electron chi connectivity index (χ1n) is 8.90. The summed E-state index contributed by atoms with van der Waals surface area (Å²) in [5.74, 6) is -0.217. The molecule has 4 rings (SSSR count). The maximum Gasteiger partial charge on any atom is 0.283 e. The lowest BCUT2D eigenvalue weighted by atomic mass is 10.0. The number of para-hydroxylation sites is 1. The predicted octanol–water partition coefficient (Wildman–Crippen LogP) is 5.33. The number of carbonyl (C=O) groups is 1. The maximum atomic E-state index is 12.1. The van der Waals surface area contributed by atoms with E-state index in [9.17, 15) is 9.90 Å². The number of aromatic nitrogens is 2. The van der Waals surface area contributed by atoms with Gasteiger partial charge in [0, 0.05) is 5.39 Å². The smallest absolute Gasteiger partial charge is 0.283 e. The van der Waals surface area contributed by atoms with Crippen LogP contribution in [-0.2, 0) is 4.79 Å². The summed E-state index contributed by atoms with van der Waals surface area (Å²) in [5, 5.41) is 22.2. The number of H-pyrrole nitrogens is 1. The van der Waals surface area contributed by atoms with Crippen molar-refractivity contribution in [3.63, 3.8) is 0 Å². The molecular weight excluding hydrogens is 374 g/mol.